The molecule has 172 valence electrons. The Hall–Kier alpha value is -2.89. The first-order valence-corrected chi connectivity index (χ1v) is 12.4. The third kappa shape index (κ3) is 3.60. The maximum Gasteiger partial charge on any atom is 0.257 e. The third-order valence-electron chi connectivity index (χ3n) is 8.11. The van der Waals surface area contributed by atoms with Gasteiger partial charge in [0.2, 0.25) is 0 Å². The summed E-state index contributed by atoms with van der Waals surface area (Å²) in [4.78, 5) is 18.0. The summed E-state index contributed by atoms with van der Waals surface area (Å²) in [7, 11) is 0. The average molecular weight is 444 g/mol. The second-order valence-electron chi connectivity index (χ2n) is 11.0. The van der Waals surface area contributed by atoms with Crippen molar-refractivity contribution >= 4 is 28.3 Å². The smallest absolute Gasteiger partial charge is 0.257 e. The van der Waals surface area contributed by atoms with Crippen LogP contribution in [0.1, 0.15) is 74.5 Å². The zero-order valence-corrected chi connectivity index (χ0v) is 19.8. The van der Waals surface area contributed by atoms with Crippen LogP contribution < -0.4 is 10.6 Å². The van der Waals surface area contributed by atoms with Gasteiger partial charge in [-0.3, -0.25) is 4.79 Å². The van der Waals surface area contributed by atoms with Crippen molar-refractivity contribution in [1.29, 1.82) is 0 Å². The van der Waals surface area contributed by atoms with Gasteiger partial charge in [-0.05, 0) is 95.2 Å². The third-order valence-corrected chi connectivity index (χ3v) is 8.11. The van der Waals surface area contributed by atoms with E-state index in [1.165, 1.54) is 38.5 Å². The number of rotatable bonds is 5. The molecule has 0 radical (unpaired) electrons. The molecule has 0 aliphatic heterocycles. The molecule has 2 heterocycles. The van der Waals surface area contributed by atoms with Crippen LogP contribution in [0.5, 0.6) is 0 Å². The molecule has 2 N–H and O–H groups in total. The zero-order valence-electron chi connectivity index (χ0n) is 19.8. The first kappa shape index (κ1) is 20.7. The van der Waals surface area contributed by atoms with Gasteiger partial charge in [0, 0.05) is 17.0 Å². The van der Waals surface area contributed by atoms with E-state index >= 15 is 0 Å². The van der Waals surface area contributed by atoms with Crippen LogP contribution in [0, 0.1) is 24.7 Å². The summed E-state index contributed by atoms with van der Waals surface area (Å²) in [6.07, 6.45) is 9.84. The van der Waals surface area contributed by atoms with Crippen molar-refractivity contribution in [3.63, 3.8) is 0 Å². The van der Waals surface area contributed by atoms with Crippen LogP contribution in [0.25, 0.3) is 11.0 Å². The van der Waals surface area contributed by atoms with Crippen molar-refractivity contribution in [3.8, 4) is 0 Å². The second kappa shape index (κ2) is 7.57. The summed E-state index contributed by atoms with van der Waals surface area (Å²) in [6, 6.07) is 10.3. The Labute approximate surface area is 195 Å². The number of nitrogens with one attached hydrogen (secondary N) is 2. The number of para-hydroxylation sites is 2. The van der Waals surface area contributed by atoms with Crippen LogP contribution in [-0.4, -0.2) is 26.2 Å². The van der Waals surface area contributed by atoms with Crippen molar-refractivity contribution in [1.82, 2.24) is 14.8 Å². The van der Waals surface area contributed by atoms with Crippen LogP contribution in [0.15, 0.2) is 36.5 Å². The van der Waals surface area contributed by atoms with Gasteiger partial charge in [-0.1, -0.05) is 12.1 Å². The van der Waals surface area contributed by atoms with Gasteiger partial charge >= 0.3 is 0 Å². The van der Waals surface area contributed by atoms with E-state index in [1.807, 2.05) is 29.8 Å². The number of nitrogens with zero attached hydrogens (tertiary/aromatic N) is 3. The first-order valence-electron chi connectivity index (χ1n) is 12.4. The summed E-state index contributed by atoms with van der Waals surface area (Å²) in [5.74, 6) is 2.49. The Kier molecular flexibility index (Phi) is 4.75. The fraction of sp³-hybridized carbons (Fsp3) is 0.519. The van der Waals surface area contributed by atoms with Crippen molar-refractivity contribution in [2.75, 3.05) is 10.6 Å². The summed E-state index contributed by atoms with van der Waals surface area (Å²) >= 11 is 0. The molecule has 6 nitrogen and oxygen atoms in total. The Morgan fingerprint density at radius 1 is 1.06 bits per heavy atom. The fourth-order valence-electron chi connectivity index (χ4n) is 7.11. The minimum Gasteiger partial charge on any atom is -0.378 e. The molecule has 0 spiro atoms. The molecule has 0 atom stereocenters. The number of carbonyl (C=O) groups excluding carboxylic acids is 1. The van der Waals surface area contributed by atoms with E-state index in [0.29, 0.717) is 11.3 Å². The molecule has 4 bridgehead atoms. The number of amides is 1. The largest absolute Gasteiger partial charge is 0.378 e. The molecule has 0 unspecified atom stereocenters. The molecule has 1 amide bonds. The van der Waals surface area contributed by atoms with Gasteiger partial charge in [0.1, 0.15) is 0 Å². The predicted octanol–water partition coefficient (Wildman–Crippen LogP) is 5.95. The normalized spacial score (nSPS) is 27.9. The lowest BCUT2D eigenvalue weighted by Crippen LogP contribution is -2.54. The molecule has 6 heteroatoms. The number of aromatic nitrogens is 3. The number of carbonyl (C=O) groups is 1. The van der Waals surface area contributed by atoms with E-state index in [1.54, 1.807) is 6.20 Å². The van der Waals surface area contributed by atoms with Gasteiger partial charge in [-0.15, -0.1) is 0 Å². The van der Waals surface area contributed by atoms with Crippen LogP contribution >= 0.6 is 0 Å². The van der Waals surface area contributed by atoms with Crippen LogP contribution in [0.4, 0.5) is 11.4 Å². The SMILES string of the molecule is Cc1nc2c(cnn2C(C)C)cc1C(=O)Nc1ccccc1NC12CC3CC(CC(C3)C1)C2. The lowest BCUT2D eigenvalue weighted by molar-refractivity contribution is 0.0107. The number of pyridine rings is 1. The predicted molar refractivity (Wildman–Crippen MR) is 132 cm³/mol. The van der Waals surface area contributed by atoms with Crippen LogP contribution in [-0.2, 0) is 0 Å². The minimum atomic E-state index is -0.126. The number of hydrogen-bond donors (Lipinski definition) is 2. The van der Waals surface area contributed by atoms with Gasteiger partial charge in [0.15, 0.2) is 5.65 Å². The Morgan fingerprint density at radius 2 is 1.70 bits per heavy atom. The highest BCUT2D eigenvalue weighted by Crippen LogP contribution is 2.56. The van der Waals surface area contributed by atoms with Gasteiger partial charge in [-0.25, -0.2) is 9.67 Å². The lowest BCUT2D eigenvalue weighted by atomic mass is 9.53. The van der Waals surface area contributed by atoms with E-state index in [4.69, 9.17) is 4.98 Å². The molecular formula is C27H33N5O. The quantitative estimate of drug-likeness (QED) is 0.511. The average Bonchev–Trinajstić information content (AvgIpc) is 3.16. The van der Waals surface area contributed by atoms with Crippen LogP contribution in [0.2, 0.25) is 0 Å². The molecule has 7 rings (SSSR count). The second-order valence-corrected chi connectivity index (χ2v) is 11.0. The molecule has 4 saturated carbocycles. The van der Waals surface area contributed by atoms with Crippen molar-refractivity contribution in [3.05, 3.63) is 47.8 Å². The summed E-state index contributed by atoms with van der Waals surface area (Å²) in [5.41, 5.74) is 4.20. The summed E-state index contributed by atoms with van der Waals surface area (Å²) < 4.78 is 1.90. The standard InChI is InChI=1S/C27H33N5O/c1-16(2)32-25-21(15-28-32)11-22(17(3)29-25)26(33)30-23-6-4-5-7-24(23)31-27-12-18-8-19(13-27)10-20(9-18)14-27/h4-7,11,15-16,18-20,31H,8-10,12-14H2,1-3H3,(H,30,33). The molecule has 4 aliphatic rings. The summed E-state index contributed by atoms with van der Waals surface area (Å²) in [6.45, 7) is 6.06. The first-order chi connectivity index (χ1) is 15.9. The number of benzene rings is 1. The van der Waals surface area contributed by atoms with Gasteiger partial charge in [0.25, 0.3) is 5.91 Å². The maximum absolute atomic E-state index is 13.3. The van der Waals surface area contributed by atoms with E-state index in [2.05, 4.69) is 41.7 Å². The van der Waals surface area contributed by atoms with E-state index in [9.17, 15) is 4.79 Å². The monoisotopic (exact) mass is 443 g/mol. The number of aryl methyl sites for hydroxylation is 1. The van der Waals surface area contributed by atoms with E-state index in [0.717, 1.165) is 40.2 Å². The highest BCUT2D eigenvalue weighted by atomic mass is 16.1. The number of hydrogen-bond acceptors (Lipinski definition) is 4. The lowest BCUT2D eigenvalue weighted by Gasteiger charge is -2.57. The van der Waals surface area contributed by atoms with E-state index in [-0.39, 0.29) is 17.5 Å². The van der Waals surface area contributed by atoms with Gasteiger partial charge in [0.05, 0.1) is 28.8 Å². The van der Waals surface area contributed by atoms with Gasteiger partial charge < -0.3 is 10.6 Å². The fourth-order valence-corrected chi connectivity index (χ4v) is 7.11. The van der Waals surface area contributed by atoms with Crippen molar-refractivity contribution in [2.24, 2.45) is 17.8 Å². The van der Waals surface area contributed by atoms with Crippen LogP contribution in [0.3, 0.4) is 0 Å². The molecule has 4 fully saturated rings. The Morgan fingerprint density at radius 3 is 2.33 bits per heavy atom. The summed E-state index contributed by atoms with van der Waals surface area (Å²) in [5, 5.41) is 12.4. The molecular weight excluding hydrogens is 410 g/mol. The number of fused-ring (bicyclic) bond motifs is 1. The topological polar surface area (TPSA) is 71.8 Å². The molecule has 2 aromatic heterocycles. The Balaban J connectivity index is 1.26. The van der Waals surface area contributed by atoms with Crippen molar-refractivity contribution < 1.29 is 4.79 Å². The molecule has 0 saturated heterocycles. The van der Waals surface area contributed by atoms with Gasteiger partial charge in [-0.2, -0.15) is 5.10 Å². The molecule has 3 aromatic rings. The molecule has 4 aliphatic carbocycles. The zero-order chi connectivity index (χ0) is 22.7. The molecule has 33 heavy (non-hydrogen) atoms. The number of anilines is 2. The Bertz CT molecular complexity index is 1190. The highest BCUT2D eigenvalue weighted by Gasteiger charge is 2.51. The van der Waals surface area contributed by atoms with Crippen molar-refractivity contribution in [2.45, 2.75) is 70.9 Å². The maximum atomic E-state index is 13.3. The minimum absolute atomic E-state index is 0.126. The highest BCUT2D eigenvalue weighted by molar-refractivity contribution is 6.08. The van der Waals surface area contributed by atoms with E-state index < -0.39 is 0 Å². The molecule has 1 aromatic carbocycles.